The van der Waals surface area contributed by atoms with Crippen LogP contribution in [0.5, 0.6) is 5.75 Å². The van der Waals surface area contributed by atoms with Gasteiger partial charge in [0.15, 0.2) is 0 Å². The van der Waals surface area contributed by atoms with E-state index in [0.717, 1.165) is 12.3 Å². The molecule has 1 aromatic heterocycles. The minimum Gasteiger partial charge on any atom is -0.497 e. The Morgan fingerprint density at radius 3 is 2.44 bits per heavy atom. The van der Waals surface area contributed by atoms with Crippen LogP contribution in [0, 0.1) is 5.92 Å². The third-order valence-electron chi connectivity index (χ3n) is 5.62. The van der Waals surface area contributed by atoms with Gasteiger partial charge in [-0.05, 0) is 49.4 Å². The summed E-state index contributed by atoms with van der Waals surface area (Å²) in [6.07, 6.45) is -3.11. The largest absolute Gasteiger partial charge is 0.497 e. The van der Waals surface area contributed by atoms with E-state index >= 15 is 0 Å². The smallest absolute Gasteiger partial charge is 0.417 e. The third kappa shape index (κ3) is 7.08. The SMILES string of the molecule is COc1ccc(NC(=O)C[C@H](CN2CCCN(c3ccc(C(F)(F)F)cn3)CC2)C(=O)O)cc1. The summed E-state index contributed by atoms with van der Waals surface area (Å²) in [5, 5.41) is 12.3. The Morgan fingerprint density at radius 1 is 1.12 bits per heavy atom. The standard InChI is InChI=1S/C23H27F3N4O4/c1-34-19-6-4-18(5-7-19)28-21(31)13-16(22(32)33)15-29-9-2-10-30(12-11-29)20-8-3-17(14-27-20)23(24,25)26/h3-8,14,16H,2,9-13,15H2,1H3,(H,28,31)(H,32,33)/t16-/m1/s1. The zero-order valence-corrected chi connectivity index (χ0v) is 18.7. The third-order valence-corrected chi connectivity index (χ3v) is 5.62. The molecule has 0 radical (unpaired) electrons. The Balaban J connectivity index is 1.54. The quantitative estimate of drug-likeness (QED) is 0.598. The number of anilines is 2. The highest BCUT2D eigenvalue weighted by Gasteiger charge is 2.31. The number of pyridine rings is 1. The summed E-state index contributed by atoms with van der Waals surface area (Å²) in [5.74, 6) is -1.26. The van der Waals surface area contributed by atoms with Gasteiger partial charge in [0, 0.05) is 44.5 Å². The van der Waals surface area contributed by atoms with Gasteiger partial charge in [0.05, 0.1) is 18.6 Å². The lowest BCUT2D eigenvalue weighted by molar-refractivity contribution is -0.144. The molecule has 3 rings (SSSR count). The summed E-state index contributed by atoms with van der Waals surface area (Å²) >= 11 is 0. The Labute approximate surface area is 195 Å². The molecule has 0 bridgehead atoms. The Kier molecular flexibility index (Phi) is 8.32. The topological polar surface area (TPSA) is 95.0 Å². The highest BCUT2D eigenvalue weighted by Crippen LogP contribution is 2.29. The number of amides is 1. The van der Waals surface area contributed by atoms with E-state index in [0.29, 0.717) is 49.9 Å². The minimum atomic E-state index is -4.44. The zero-order chi connectivity index (χ0) is 24.7. The van der Waals surface area contributed by atoms with Crippen LogP contribution < -0.4 is 15.0 Å². The number of carboxylic acids is 1. The van der Waals surface area contributed by atoms with Crippen molar-refractivity contribution in [2.75, 3.05) is 50.1 Å². The van der Waals surface area contributed by atoms with Gasteiger partial charge in [0.2, 0.25) is 5.91 Å². The number of aliphatic carboxylic acids is 1. The number of carbonyl (C=O) groups is 2. The Bertz CT molecular complexity index is 968. The van der Waals surface area contributed by atoms with Crippen molar-refractivity contribution in [3.8, 4) is 5.75 Å². The summed E-state index contributed by atoms with van der Waals surface area (Å²) in [4.78, 5) is 32.0. The van der Waals surface area contributed by atoms with E-state index in [4.69, 9.17) is 4.74 Å². The molecule has 2 aromatic rings. The van der Waals surface area contributed by atoms with Crippen molar-refractivity contribution in [1.29, 1.82) is 0 Å². The van der Waals surface area contributed by atoms with E-state index in [1.807, 2.05) is 9.80 Å². The average molecular weight is 480 g/mol. The normalized spacial score (nSPS) is 15.9. The molecule has 1 fully saturated rings. The number of methoxy groups -OCH3 is 1. The van der Waals surface area contributed by atoms with Crippen molar-refractivity contribution < 1.29 is 32.6 Å². The number of aromatic nitrogens is 1. The molecule has 11 heteroatoms. The van der Waals surface area contributed by atoms with Crippen LogP contribution in [-0.2, 0) is 15.8 Å². The number of ether oxygens (including phenoxy) is 1. The number of benzene rings is 1. The van der Waals surface area contributed by atoms with E-state index in [-0.39, 0.29) is 13.0 Å². The fourth-order valence-electron chi connectivity index (χ4n) is 3.78. The second-order valence-electron chi connectivity index (χ2n) is 8.06. The van der Waals surface area contributed by atoms with Gasteiger partial charge in [-0.25, -0.2) is 4.98 Å². The highest BCUT2D eigenvalue weighted by atomic mass is 19.4. The Hall–Kier alpha value is -3.34. The molecule has 1 aliphatic heterocycles. The van der Waals surface area contributed by atoms with E-state index in [2.05, 4.69) is 10.3 Å². The van der Waals surface area contributed by atoms with Gasteiger partial charge in [-0.1, -0.05) is 0 Å². The van der Waals surface area contributed by atoms with Gasteiger partial charge in [-0.15, -0.1) is 0 Å². The second kappa shape index (κ2) is 11.2. The predicted octanol–water partition coefficient (Wildman–Crippen LogP) is 3.35. The lowest BCUT2D eigenvalue weighted by Gasteiger charge is -2.25. The van der Waals surface area contributed by atoms with Gasteiger partial charge in [-0.3, -0.25) is 9.59 Å². The molecule has 1 aromatic carbocycles. The fourth-order valence-corrected chi connectivity index (χ4v) is 3.78. The van der Waals surface area contributed by atoms with Crippen LogP contribution >= 0.6 is 0 Å². The number of carboxylic acid groups (broad SMARTS) is 1. The number of nitrogens with zero attached hydrogens (tertiary/aromatic N) is 3. The molecular weight excluding hydrogens is 453 g/mol. The summed E-state index contributed by atoms with van der Waals surface area (Å²) < 4.78 is 43.4. The first-order chi connectivity index (χ1) is 16.2. The number of carbonyl (C=O) groups excluding carboxylic acids is 1. The van der Waals surface area contributed by atoms with Crippen LogP contribution in [-0.4, -0.2) is 66.7 Å². The summed E-state index contributed by atoms with van der Waals surface area (Å²) in [6, 6.07) is 9.09. The number of nitrogens with one attached hydrogen (secondary N) is 1. The maximum atomic E-state index is 12.8. The van der Waals surface area contributed by atoms with Crippen LogP contribution in [0.2, 0.25) is 0 Å². The molecule has 184 valence electrons. The summed E-state index contributed by atoms with van der Waals surface area (Å²) in [7, 11) is 1.53. The molecule has 2 N–H and O–H groups in total. The van der Waals surface area contributed by atoms with Gasteiger partial charge < -0.3 is 25.0 Å². The fraction of sp³-hybridized carbons (Fsp3) is 0.435. The first kappa shape index (κ1) is 25.3. The van der Waals surface area contributed by atoms with Crippen molar-refractivity contribution in [1.82, 2.24) is 9.88 Å². The molecule has 0 unspecified atom stereocenters. The average Bonchev–Trinajstić information content (AvgIpc) is 3.04. The van der Waals surface area contributed by atoms with E-state index in [1.54, 1.807) is 24.3 Å². The van der Waals surface area contributed by atoms with Crippen molar-refractivity contribution in [2.24, 2.45) is 5.92 Å². The van der Waals surface area contributed by atoms with Gasteiger partial charge in [0.1, 0.15) is 11.6 Å². The van der Waals surface area contributed by atoms with Gasteiger partial charge in [0.25, 0.3) is 0 Å². The maximum Gasteiger partial charge on any atom is 0.417 e. The van der Waals surface area contributed by atoms with Crippen LogP contribution in [0.15, 0.2) is 42.6 Å². The van der Waals surface area contributed by atoms with Crippen LogP contribution in [0.25, 0.3) is 0 Å². The number of hydrogen-bond donors (Lipinski definition) is 2. The molecule has 1 saturated heterocycles. The van der Waals surface area contributed by atoms with Crippen LogP contribution in [0.3, 0.4) is 0 Å². The maximum absolute atomic E-state index is 12.8. The molecule has 1 amide bonds. The van der Waals surface area contributed by atoms with Crippen molar-refractivity contribution in [3.05, 3.63) is 48.2 Å². The zero-order valence-electron chi connectivity index (χ0n) is 18.7. The van der Waals surface area contributed by atoms with Crippen molar-refractivity contribution >= 4 is 23.4 Å². The van der Waals surface area contributed by atoms with Crippen LogP contribution in [0.4, 0.5) is 24.7 Å². The van der Waals surface area contributed by atoms with Crippen molar-refractivity contribution in [2.45, 2.75) is 19.0 Å². The molecule has 0 spiro atoms. The predicted molar refractivity (Wildman–Crippen MR) is 120 cm³/mol. The van der Waals surface area contributed by atoms with E-state index < -0.39 is 29.5 Å². The molecule has 34 heavy (non-hydrogen) atoms. The molecule has 0 aliphatic carbocycles. The lowest BCUT2D eigenvalue weighted by Crippen LogP contribution is -2.37. The second-order valence-corrected chi connectivity index (χ2v) is 8.06. The van der Waals surface area contributed by atoms with Gasteiger partial charge >= 0.3 is 12.1 Å². The monoisotopic (exact) mass is 480 g/mol. The summed E-state index contributed by atoms with van der Waals surface area (Å²) in [6.45, 7) is 2.39. The number of halogens is 3. The lowest BCUT2D eigenvalue weighted by atomic mass is 10.0. The molecule has 1 aliphatic rings. The Morgan fingerprint density at radius 2 is 1.85 bits per heavy atom. The first-order valence-corrected chi connectivity index (χ1v) is 10.8. The molecule has 1 atom stereocenters. The summed E-state index contributed by atoms with van der Waals surface area (Å²) in [5.41, 5.74) is -0.255. The van der Waals surface area contributed by atoms with E-state index in [9.17, 15) is 27.9 Å². The molecular formula is C23H27F3N4O4. The van der Waals surface area contributed by atoms with E-state index in [1.165, 1.54) is 13.2 Å². The number of hydrogen-bond acceptors (Lipinski definition) is 6. The van der Waals surface area contributed by atoms with Crippen LogP contribution in [0.1, 0.15) is 18.4 Å². The number of rotatable bonds is 8. The molecule has 8 nitrogen and oxygen atoms in total. The van der Waals surface area contributed by atoms with Crippen molar-refractivity contribution in [3.63, 3.8) is 0 Å². The minimum absolute atomic E-state index is 0.179. The molecule has 2 heterocycles. The molecule has 0 saturated carbocycles. The van der Waals surface area contributed by atoms with Gasteiger partial charge in [-0.2, -0.15) is 13.2 Å². The first-order valence-electron chi connectivity index (χ1n) is 10.8. The highest BCUT2D eigenvalue weighted by molar-refractivity contribution is 5.93. The number of alkyl halides is 3.